The topological polar surface area (TPSA) is 23.5 Å². The van der Waals surface area contributed by atoms with Crippen LogP contribution >= 0.6 is 7.26 Å². The van der Waals surface area contributed by atoms with Crippen molar-refractivity contribution >= 4 is 28.9 Å². The molecule has 0 saturated carbocycles. The van der Waals surface area contributed by atoms with E-state index in [1.54, 1.807) is 0 Å². The van der Waals surface area contributed by atoms with Gasteiger partial charge in [-0.1, -0.05) is 79.6 Å². The van der Waals surface area contributed by atoms with E-state index < -0.39 is 7.26 Å². The van der Waals surface area contributed by atoms with Gasteiger partial charge in [0.1, 0.15) is 23.2 Å². The monoisotopic (exact) mass is 482 g/mol. The molecule has 0 heterocycles. The van der Waals surface area contributed by atoms with E-state index >= 15 is 0 Å². The summed E-state index contributed by atoms with van der Waals surface area (Å²) in [4.78, 5) is 2.34. The Morgan fingerprint density at radius 3 is 1.49 bits per heavy atom. The van der Waals surface area contributed by atoms with E-state index in [4.69, 9.17) is 5.11 Å². The van der Waals surface area contributed by atoms with Gasteiger partial charge in [0.05, 0.1) is 6.16 Å². The summed E-state index contributed by atoms with van der Waals surface area (Å²) in [6.07, 6.45) is 5.33. The van der Waals surface area contributed by atoms with Crippen LogP contribution in [0.5, 0.6) is 0 Å². The van der Waals surface area contributed by atoms with Crippen LogP contribution in [-0.2, 0) is 6.16 Å². The van der Waals surface area contributed by atoms with Crippen molar-refractivity contribution in [2.75, 3.05) is 25.1 Å². The number of aliphatic hydroxyl groups excluding tert-OH is 1. The molecule has 4 rings (SSSR count). The predicted octanol–water partition coefficient (Wildman–Crippen LogP) is 6.17. The highest BCUT2D eigenvalue weighted by molar-refractivity contribution is 7.95. The first kappa shape index (κ1) is 25.2. The molecule has 180 valence electrons. The lowest BCUT2D eigenvalue weighted by Crippen LogP contribution is -2.32. The number of hydrogen-bond donors (Lipinski definition) is 1. The summed E-state index contributed by atoms with van der Waals surface area (Å²) in [5.74, 6) is 0. The van der Waals surface area contributed by atoms with E-state index in [1.165, 1.54) is 33.6 Å². The minimum Gasteiger partial charge on any atom is -0.396 e. The zero-order valence-electron chi connectivity index (χ0n) is 20.8. The summed E-state index contributed by atoms with van der Waals surface area (Å²) >= 11 is 0. The summed E-state index contributed by atoms with van der Waals surface area (Å²) in [5.41, 5.74) is 2.63. The summed E-state index contributed by atoms with van der Waals surface area (Å²) in [5, 5.41) is 13.2. The smallest absolute Gasteiger partial charge is 0.116 e. The molecule has 0 fully saturated rings. The first-order valence-corrected chi connectivity index (χ1v) is 14.7. The first-order valence-electron chi connectivity index (χ1n) is 12.7. The Labute approximate surface area is 211 Å². The molecule has 2 nitrogen and oxygen atoms in total. The van der Waals surface area contributed by atoms with Crippen molar-refractivity contribution in [3.8, 4) is 0 Å². The van der Waals surface area contributed by atoms with Gasteiger partial charge in [0.2, 0.25) is 0 Å². The average molecular weight is 483 g/mol. The fraction of sp³-hybridized carbons (Fsp3) is 0.250. The SMILES string of the molecule is CN(CCCCCCO)c1ccc(C[P+](c2ccccc2)(c2ccccc2)c2ccccc2)cc1. The van der Waals surface area contributed by atoms with Gasteiger partial charge in [0.15, 0.2) is 0 Å². The molecular weight excluding hydrogens is 445 g/mol. The largest absolute Gasteiger partial charge is 0.396 e. The van der Waals surface area contributed by atoms with Gasteiger partial charge in [0, 0.05) is 25.9 Å². The Morgan fingerprint density at radius 2 is 1.03 bits per heavy atom. The molecule has 3 heteroatoms. The van der Waals surface area contributed by atoms with E-state index in [2.05, 4.69) is 127 Å². The number of anilines is 1. The maximum absolute atomic E-state index is 8.97. The predicted molar refractivity (Wildman–Crippen MR) is 154 cm³/mol. The summed E-state index contributed by atoms with van der Waals surface area (Å²) in [6, 6.07) is 42.5. The third-order valence-electron chi connectivity index (χ3n) is 6.79. The molecule has 0 aliphatic heterocycles. The quantitative estimate of drug-likeness (QED) is 0.193. The van der Waals surface area contributed by atoms with Crippen LogP contribution in [0.15, 0.2) is 115 Å². The summed E-state index contributed by atoms with van der Waals surface area (Å²) in [7, 11) is 0.300. The molecule has 0 aromatic heterocycles. The number of hydrogen-bond acceptors (Lipinski definition) is 2. The minimum atomic E-state index is -1.88. The van der Waals surface area contributed by atoms with Crippen molar-refractivity contribution in [2.24, 2.45) is 0 Å². The van der Waals surface area contributed by atoms with E-state index in [-0.39, 0.29) is 0 Å². The van der Waals surface area contributed by atoms with Crippen molar-refractivity contribution in [2.45, 2.75) is 31.8 Å². The molecular formula is C32H37NOP+. The highest BCUT2D eigenvalue weighted by Gasteiger charge is 2.45. The second-order valence-electron chi connectivity index (χ2n) is 9.20. The fourth-order valence-corrected chi connectivity index (χ4v) is 9.09. The average Bonchev–Trinajstić information content (AvgIpc) is 2.93. The maximum atomic E-state index is 8.97. The number of benzene rings is 4. The molecule has 0 saturated heterocycles. The van der Waals surface area contributed by atoms with Crippen LogP contribution in [0.3, 0.4) is 0 Å². The number of unbranched alkanes of at least 4 members (excludes halogenated alkanes) is 3. The van der Waals surface area contributed by atoms with E-state index in [1.807, 2.05) is 0 Å². The Morgan fingerprint density at radius 1 is 0.571 bits per heavy atom. The molecule has 0 atom stereocenters. The van der Waals surface area contributed by atoms with Gasteiger partial charge >= 0.3 is 0 Å². The Hall–Kier alpha value is -2.93. The molecule has 0 aliphatic rings. The van der Waals surface area contributed by atoms with Gasteiger partial charge in [-0.15, -0.1) is 0 Å². The molecule has 1 N–H and O–H groups in total. The van der Waals surface area contributed by atoms with Gasteiger partial charge < -0.3 is 10.0 Å². The lowest BCUT2D eigenvalue weighted by Gasteiger charge is -2.28. The Balaban J connectivity index is 1.65. The van der Waals surface area contributed by atoms with Crippen LogP contribution in [0.4, 0.5) is 5.69 Å². The number of rotatable bonds is 12. The van der Waals surface area contributed by atoms with E-state index in [9.17, 15) is 0 Å². The van der Waals surface area contributed by atoms with Gasteiger partial charge in [-0.25, -0.2) is 0 Å². The number of nitrogens with zero attached hydrogens (tertiary/aromatic N) is 1. The first-order chi connectivity index (χ1) is 17.2. The third kappa shape index (κ3) is 6.20. The summed E-state index contributed by atoms with van der Waals surface area (Å²) in [6.45, 7) is 1.34. The zero-order valence-corrected chi connectivity index (χ0v) is 21.7. The van der Waals surface area contributed by atoms with Crippen LogP contribution in [-0.4, -0.2) is 25.3 Å². The lowest BCUT2D eigenvalue weighted by atomic mass is 10.2. The Bertz CT molecular complexity index is 1030. The van der Waals surface area contributed by atoms with Crippen molar-refractivity contribution < 1.29 is 5.11 Å². The second kappa shape index (κ2) is 12.7. The molecule has 0 amide bonds. The Kier molecular flexibility index (Phi) is 9.12. The van der Waals surface area contributed by atoms with E-state index in [0.29, 0.717) is 6.61 Å². The van der Waals surface area contributed by atoms with Crippen LogP contribution in [0.25, 0.3) is 0 Å². The van der Waals surface area contributed by atoms with Crippen molar-refractivity contribution in [3.63, 3.8) is 0 Å². The highest BCUT2D eigenvalue weighted by Crippen LogP contribution is 2.58. The molecule has 0 aliphatic carbocycles. The third-order valence-corrected chi connectivity index (χ3v) is 11.2. The molecule has 35 heavy (non-hydrogen) atoms. The summed E-state index contributed by atoms with van der Waals surface area (Å²) < 4.78 is 0. The van der Waals surface area contributed by atoms with Crippen LogP contribution < -0.4 is 20.8 Å². The van der Waals surface area contributed by atoms with Crippen LogP contribution in [0, 0.1) is 0 Å². The molecule has 4 aromatic carbocycles. The van der Waals surface area contributed by atoms with Gasteiger partial charge in [-0.05, 0) is 66.9 Å². The fourth-order valence-electron chi connectivity index (χ4n) is 4.84. The van der Waals surface area contributed by atoms with Crippen molar-refractivity contribution in [1.82, 2.24) is 0 Å². The van der Waals surface area contributed by atoms with E-state index in [0.717, 1.165) is 32.0 Å². The lowest BCUT2D eigenvalue weighted by molar-refractivity contribution is 0.282. The molecule has 4 aromatic rings. The second-order valence-corrected chi connectivity index (χ2v) is 12.7. The van der Waals surface area contributed by atoms with Crippen LogP contribution in [0.2, 0.25) is 0 Å². The number of aliphatic hydroxyl groups is 1. The maximum Gasteiger partial charge on any atom is 0.116 e. The molecule has 0 spiro atoms. The van der Waals surface area contributed by atoms with Gasteiger partial charge in [-0.3, -0.25) is 0 Å². The zero-order chi connectivity index (χ0) is 24.3. The highest BCUT2D eigenvalue weighted by atomic mass is 31.2. The molecule has 0 unspecified atom stereocenters. The standard InChI is InChI=1S/C32H37NOP/c1-33(25-13-2-3-14-26-34)29-23-21-28(22-24-29)27-35(30-15-7-4-8-16-30,31-17-9-5-10-18-31)32-19-11-6-12-20-32/h4-12,15-24,34H,2-3,13-14,25-27H2,1H3/q+1. The van der Waals surface area contributed by atoms with Crippen LogP contribution in [0.1, 0.15) is 31.2 Å². The minimum absolute atomic E-state index is 0.302. The molecule has 0 bridgehead atoms. The van der Waals surface area contributed by atoms with Crippen molar-refractivity contribution in [1.29, 1.82) is 0 Å². The normalized spacial score (nSPS) is 11.4. The molecule has 0 radical (unpaired) electrons. The van der Waals surface area contributed by atoms with Crippen molar-refractivity contribution in [3.05, 3.63) is 121 Å². The van der Waals surface area contributed by atoms with Gasteiger partial charge in [0.25, 0.3) is 0 Å². The van der Waals surface area contributed by atoms with Gasteiger partial charge in [-0.2, -0.15) is 0 Å².